The van der Waals surface area contributed by atoms with Crippen molar-refractivity contribution >= 4 is 44.1 Å². The van der Waals surface area contributed by atoms with E-state index < -0.39 is 32.4 Å². The molecule has 1 aromatic carbocycles. The van der Waals surface area contributed by atoms with E-state index >= 15 is 0 Å². The number of ether oxygens (including phenoxy) is 2. The van der Waals surface area contributed by atoms with Gasteiger partial charge < -0.3 is 15.2 Å². The van der Waals surface area contributed by atoms with Crippen molar-refractivity contribution < 1.29 is 23.4 Å². The number of nitrogen functional groups attached to an aromatic ring is 1. The fourth-order valence-corrected chi connectivity index (χ4v) is 5.77. The molecule has 2 aliphatic heterocycles. The van der Waals surface area contributed by atoms with Crippen molar-refractivity contribution in [1.82, 2.24) is 19.5 Å². The molecule has 10 nitrogen and oxygen atoms in total. The maximum absolute atomic E-state index is 10.1. The zero-order valence-electron chi connectivity index (χ0n) is 16.6. The first-order valence-corrected chi connectivity index (χ1v) is 12.2. The number of methoxy groups -OCH3 is 1. The summed E-state index contributed by atoms with van der Waals surface area (Å²) in [7, 11) is 3.85. The van der Waals surface area contributed by atoms with Gasteiger partial charge in [0, 0.05) is 12.9 Å². The molecule has 0 amide bonds. The van der Waals surface area contributed by atoms with Crippen LogP contribution in [0, 0.1) is 0 Å². The zero-order valence-corrected chi connectivity index (χ0v) is 18.3. The van der Waals surface area contributed by atoms with E-state index in [4.69, 9.17) is 31.8 Å². The minimum absolute atomic E-state index is 0.0953. The third-order valence-corrected chi connectivity index (χ3v) is 7.28. The van der Waals surface area contributed by atoms with Crippen LogP contribution in [-0.2, 0) is 24.3 Å². The summed E-state index contributed by atoms with van der Waals surface area (Å²) >= 11 is 1.52. The molecule has 5 rings (SSSR count). The predicted octanol–water partition coefficient (Wildman–Crippen LogP) is 1.87. The van der Waals surface area contributed by atoms with E-state index in [0.717, 1.165) is 5.56 Å². The summed E-state index contributed by atoms with van der Waals surface area (Å²) in [6.07, 6.45) is -0.902. The molecule has 2 radical (unpaired) electrons. The van der Waals surface area contributed by atoms with Crippen molar-refractivity contribution in [3.8, 4) is 0 Å². The van der Waals surface area contributed by atoms with E-state index in [1.165, 1.54) is 18.1 Å². The Morgan fingerprint density at radius 2 is 2.16 bits per heavy atom. The lowest BCUT2D eigenvalue weighted by molar-refractivity contribution is -0.0648. The molecular formula is C18H20BN5O5PS+. The maximum atomic E-state index is 10.1. The SMILES string of the molecule is [B][P+]1(O)OC[C@H]2O[C@@H](n3c(SCc4ccccc4)nc4c(N)ncnc43)[C@H](OC)[C@@H]2O1. The zero-order chi connectivity index (χ0) is 21.6. The lowest BCUT2D eigenvalue weighted by Crippen LogP contribution is -2.41. The summed E-state index contributed by atoms with van der Waals surface area (Å²) in [6.45, 7) is 0.0953. The monoisotopic (exact) mass is 460 g/mol. The lowest BCUT2D eigenvalue weighted by atomic mass is 10.1. The molecule has 0 aliphatic carbocycles. The van der Waals surface area contributed by atoms with E-state index in [0.29, 0.717) is 22.1 Å². The van der Waals surface area contributed by atoms with Gasteiger partial charge in [0.25, 0.3) is 0 Å². The van der Waals surface area contributed by atoms with E-state index in [-0.39, 0.29) is 12.4 Å². The summed E-state index contributed by atoms with van der Waals surface area (Å²) < 4.78 is 24.6. The average Bonchev–Trinajstić information content (AvgIpc) is 3.30. The van der Waals surface area contributed by atoms with Crippen LogP contribution in [0.3, 0.4) is 0 Å². The summed E-state index contributed by atoms with van der Waals surface area (Å²) in [6, 6.07) is 10.0. The van der Waals surface area contributed by atoms with Crippen molar-refractivity contribution in [1.29, 1.82) is 0 Å². The molecular weight excluding hydrogens is 440 g/mol. The first-order chi connectivity index (χ1) is 15.0. The number of hydrogen-bond donors (Lipinski definition) is 2. The predicted molar refractivity (Wildman–Crippen MR) is 116 cm³/mol. The molecule has 0 spiro atoms. The smallest absolute Gasteiger partial charge is 0.382 e. The fraction of sp³-hybridized carbons (Fsp3) is 0.389. The number of nitrogens with zero attached hydrogens (tertiary/aromatic N) is 4. The molecule has 4 heterocycles. The second-order valence-corrected chi connectivity index (χ2v) is 9.70. The van der Waals surface area contributed by atoms with Gasteiger partial charge in [-0.15, -0.1) is 0 Å². The van der Waals surface area contributed by atoms with Crippen molar-refractivity contribution in [2.75, 3.05) is 19.5 Å². The molecule has 1 unspecified atom stereocenters. The van der Waals surface area contributed by atoms with Crippen LogP contribution >= 0.6 is 19.6 Å². The number of nitrogens with two attached hydrogens (primary N) is 1. The van der Waals surface area contributed by atoms with Gasteiger partial charge in [-0.1, -0.05) is 42.1 Å². The number of rotatable bonds is 5. The van der Waals surface area contributed by atoms with E-state index in [1.54, 1.807) is 7.11 Å². The topological polar surface area (TPSA) is 127 Å². The molecule has 2 aromatic heterocycles. The summed E-state index contributed by atoms with van der Waals surface area (Å²) in [5.41, 5.74) is 8.21. The summed E-state index contributed by atoms with van der Waals surface area (Å²) in [5, 5.41) is 0.649. The Bertz CT molecular complexity index is 1090. The quantitative estimate of drug-likeness (QED) is 0.331. The van der Waals surface area contributed by atoms with E-state index in [1.807, 2.05) is 34.9 Å². The highest BCUT2D eigenvalue weighted by molar-refractivity contribution is 7.98. The van der Waals surface area contributed by atoms with Crippen molar-refractivity contribution in [2.45, 2.75) is 35.4 Å². The van der Waals surface area contributed by atoms with Crippen LogP contribution in [0.15, 0.2) is 41.8 Å². The molecule has 5 atom stereocenters. The highest BCUT2D eigenvalue weighted by Crippen LogP contribution is 2.59. The van der Waals surface area contributed by atoms with Gasteiger partial charge in [0.15, 0.2) is 34.5 Å². The Labute approximate surface area is 184 Å². The molecule has 2 fully saturated rings. The minimum Gasteiger partial charge on any atom is -0.382 e. The van der Waals surface area contributed by atoms with Crippen LogP contribution in [0.1, 0.15) is 11.8 Å². The van der Waals surface area contributed by atoms with Crippen LogP contribution in [0.5, 0.6) is 0 Å². The Balaban J connectivity index is 1.54. The number of imidazole rings is 1. The van der Waals surface area contributed by atoms with Crippen molar-refractivity contribution in [2.24, 2.45) is 0 Å². The number of benzene rings is 1. The highest BCUT2D eigenvalue weighted by Gasteiger charge is 2.58. The highest BCUT2D eigenvalue weighted by atomic mass is 32.2. The Kier molecular flexibility index (Phi) is 5.64. The molecule has 13 heteroatoms. The van der Waals surface area contributed by atoms with Crippen LogP contribution in [0.25, 0.3) is 11.2 Å². The van der Waals surface area contributed by atoms with Gasteiger partial charge in [-0.05, 0) is 5.56 Å². The van der Waals surface area contributed by atoms with Crippen LogP contribution < -0.4 is 5.73 Å². The molecule has 3 N–H and O–H groups in total. The number of fused-ring (bicyclic) bond motifs is 2. The number of hydrogen-bond acceptors (Lipinski definition) is 10. The fourth-order valence-electron chi connectivity index (χ4n) is 3.77. The molecule has 0 saturated carbocycles. The summed E-state index contributed by atoms with van der Waals surface area (Å²) in [5.74, 6) is 0.958. The molecule has 160 valence electrons. The minimum atomic E-state index is -3.42. The van der Waals surface area contributed by atoms with Crippen molar-refractivity contribution in [3.05, 3.63) is 42.2 Å². The van der Waals surface area contributed by atoms with Gasteiger partial charge >= 0.3 is 15.4 Å². The van der Waals surface area contributed by atoms with Crippen molar-refractivity contribution in [3.63, 3.8) is 0 Å². The van der Waals surface area contributed by atoms with E-state index in [2.05, 4.69) is 15.0 Å². The number of thioether (sulfide) groups is 1. The van der Waals surface area contributed by atoms with Crippen LogP contribution in [-0.4, -0.2) is 64.0 Å². The van der Waals surface area contributed by atoms with Gasteiger partial charge in [0.1, 0.15) is 25.1 Å². The van der Waals surface area contributed by atoms with Gasteiger partial charge in [0.05, 0.1) is 0 Å². The molecule has 2 aliphatic rings. The Hall–Kier alpha value is -1.79. The summed E-state index contributed by atoms with van der Waals surface area (Å²) in [4.78, 5) is 23.2. The standard InChI is InChI=1S/C18H20BN5O5PS/c1-26-14-13-11(7-27-30(19,25)29-13)28-17(14)24-16-12(15(20)21-9-22-16)23-18(24)31-8-10-5-3-2-4-6-10/h2-6,9,11,13-14,17,25H,7-8H2,1H3,(H2,20,21,22)/q+1/t11-,13-,14-,17-,30?/m1/s1. The normalized spacial score (nSPS) is 30.5. The van der Waals surface area contributed by atoms with Crippen LogP contribution in [0.2, 0.25) is 0 Å². The van der Waals surface area contributed by atoms with Gasteiger partial charge in [-0.25, -0.2) is 19.8 Å². The molecule has 0 bridgehead atoms. The average molecular weight is 460 g/mol. The third kappa shape index (κ3) is 3.93. The number of anilines is 1. The van der Waals surface area contributed by atoms with Crippen LogP contribution in [0.4, 0.5) is 5.82 Å². The largest absolute Gasteiger partial charge is 0.488 e. The first kappa shape index (κ1) is 21.1. The third-order valence-electron chi connectivity index (χ3n) is 5.19. The molecule has 2 saturated heterocycles. The molecule has 31 heavy (non-hydrogen) atoms. The van der Waals surface area contributed by atoms with Gasteiger partial charge in [-0.3, -0.25) is 4.57 Å². The molecule has 3 aromatic rings. The Morgan fingerprint density at radius 3 is 2.94 bits per heavy atom. The van der Waals surface area contributed by atoms with E-state index in [9.17, 15) is 4.89 Å². The Morgan fingerprint density at radius 1 is 1.35 bits per heavy atom. The second-order valence-electron chi connectivity index (χ2n) is 7.17. The van der Waals surface area contributed by atoms with Gasteiger partial charge in [-0.2, -0.15) is 9.05 Å². The number of aromatic nitrogens is 4. The maximum Gasteiger partial charge on any atom is 0.488 e. The van der Waals surface area contributed by atoms with Gasteiger partial charge in [0.2, 0.25) is 0 Å². The first-order valence-electron chi connectivity index (χ1n) is 9.53. The lowest BCUT2D eigenvalue weighted by Gasteiger charge is -2.29. The second kappa shape index (κ2) is 8.29.